The number of aliphatic hydroxyl groups excluding tert-OH is 1. The van der Waals surface area contributed by atoms with E-state index in [1.807, 2.05) is 20.8 Å². The molecule has 0 fully saturated rings. The maximum absolute atomic E-state index is 13.8. The topological polar surface area (TPSA) is 182 Å². The summed E-state index contributed by atoms with van der Waals surface area (Å²) in [7, 11) is -4.29. The number of aromatic hydroxyl groups is 1. The van der Waals surface area contributed by atoms with Crippen LogP contribution >= 0.6 is 0 Å². The Hall–Kier alpha value is -4.30. The average Bonchev–Trinajstić information content (AvgIpc) is 3.07. The monoisotopic (exact) mass is 681 g/mol. The summed E-state index contributed by atoms with van der Waals surface area (Å²) in [5.41, 5.74) is 3.86. The summed E-state index contributed by atoms with van der Waals surface area (Å²) in [6.07, 6.45) is 1.83. The minimum Gasteiger partial charge on any atom is -0.508 e. The van der Waals surface area contributed by atoms with Crippen molar-refractivity contribution in [1.29, 1.82) is 0 Å². The Balaban J connectivity index is 1.95. The molecule has 13 heteroatoms. The molecule has 3 rings (SSSR count). The lowest BCUT2D eigenvalue weighted by Gasteiger charge is -2.30. The number of carbonyl (C=O) groups excluding carboxylic acids is 3. The summed E-state index contributed by atoms with van der Waals surface area (Å²) in [4.78, 5) is 41.4. The van der Waals surface area contributed by atoms with Gasteiger partial charge in [-0.2, -0.15) is 0 Å². The number of phenolic OH excluding ortho intramolecular Hbond substituents is 1. The Morgan fingerprint density at radius 1 is 0.812 bits per heavy atom. The van der Waals surface area contributed by atoms with Crippen LogP contribution in [0.5, 0.6) is 5.75 Å². The summed E-state index contributed by atoms with van der Waals surface area (Å²) in [5, 5.41) is 31.2. The van der Waals surface area contributed by atoms with Crippen LogP contribution in [0.2, 0.25) is 0 Å². The van der Waals surface area contributed by atoms with Crippen molar-refractivity contribution < 1.29 is 33.0 Å². The van der Waals surface area contributed by atoms with E-state index in [1.165, 1.54) is 18.2 Å². The normalized spacial score (nSPS) is 12.7. The number of primary sulfonamides is 1. The summed E-state index contributed by atoms with van der Waals surface area (Å²) in [6, 6.07) is 17.6. The first-order valence-corrected chi connectivity index (χ1v) is 17.8. The van der Waals surface area contributed by atoms with Gasteiger partial charge in [0.15, 0.2) is 0 Å². The van der Waals surface area contributed by atoms with Gasteiger partial charge in [0.1, 0.15) is 5.75 Å². The highest BCUT2D eigenvalue weighted by atomic mass is 32.2. The molecule has 0 aromatic heterocycles. The van der Waals surface area contributed by atoms with Gasteiger partial charge in [-0.1, -0.05) is 57.5 Å². The van der Waals surface area contributed by atoms with Gasteiger partial charge < -0.3 is 20.4 Å². The van der Waals surface area contributed by atoms with Crippen molar-refractivity contribution in [3.8, 4) is 5.75 Å². The number of aliphatic hydroxyl groups is 1. The van der Waals surface area contributed by atoms with Crippen molar-refractivity contribution in [2.24, 2.45) is 5.14 Å². The van der Waals surface area contributed by atoms with E-state index in [0.29, 0.717) is 43.6 Å². The van der Waals surface area contributed by atoms with Crippen LogP contribution in [0.1, 0.15) is 83.1 Å². The SMILES string of the molecule is CCCCN(CC(O)C(Cc1ccc(O)cc1)NC(=O)c1cc(C(=O)N(CCC)CCC)cc(S(N)(=O)=O)c1)NC(=O)c1ccccc1. The van der Waals surface area contributed by atoms with Crippen LogP contribution in [0, 0.1) is 0 Å². The summed E-state index contributed by atoms with van der Waals surface area (Å²) < 4.78 is 24.8. The lowest BCUT2D eigenvalue weighted by molar-refractivity contribution is 0.0446. The molecule has 0 heterocycles. The number of carbonyl (C=O) groups is 3. The third-order valence-electron chi connectivity index (χ3n) is 7.68. The maximum Gasteiger partial charge on any atom is 0.265 e. The molecular weight excluding hydrogens is 634 g/mol. The fraction of sp³-hybridized carbons (Fsp3) is 0.400. The first-order valence-electron chi connectivity index (χ1n) is 16.2. The molecule has 3 aromatic rings. The molecule has 0 saturated heterocycles. The number of hydrazine groups is 1. The molecule has 2 unspecified atom stereocenters. The van der Waals surface area contributed by atoms with Gasteiger partial charge in [0.05, 0.1) is 17.0 Å². The lowest BCUT2D eigenvalue weighted by atomic mass is 9.99. The molecule has 0 aliphatic heterocycles. The molecule has 0 aliphatic carbocycles. The molecule has 0 spiro atoms. The van der Waals surface area contributed by atoms with Crippen molar-refractivity contribution in [3.05, 3.63) is 95.1 Å². The summed E-state index contributed by atoms with van der Waals surface area (Å²) >= 11 is 0. The Kier molecular flexibility index (Phi) is 14.5. The number of benzene rings is 3. The summed E-state index contributed by atoms with van der Waals surface area (Å²) in [6.45, 7) is 7.12. The number of hydrogen-bond acceptors (Lipinski definition) is 8. The molecule has 0 bridgehead atoms. The van der Waals surface area contributed by atoms with Gasteiger partial charge in [0, 0.05) is 42.9 Å². The number of rotatable bonds is 18. The molecule has 3 amide bonds. The maximum atomic E-state index is 13.8. The molecule has 3 aromatic carbocycles. The highest BCUT2D eigenvalue weighted by Crippen LogP contribution is 2.19. The van der Waals surface area contributed by atoms with Crippen LogP contribution < -0.4 is 15.9 Å². The zero-order valence-electron chi connectivity index (χ0n) is 27.8. The average molecular weight is 682 g/mol. The standard InChI is InChI=1S/C35H47N5O7S/c1-4-7-19-40(38-34(44)26-11-9-8-10-12-26)24-32(42)31(20-25-13-15-29(41)16-14-25)37-33(43)27-21-28(23-30(22-27)48(36,46)47)35(45)39(17-5-2)18-6-3/h8-16,21-23,31-32,41-42H,4-7,17-20,24H2,1-3H3,(H,37,43)(H,38,44)(H2,36,46,47). The molecule has 0 aliphatic rings. The number of amides is 3. The minimum absolute atomic E-state index is 0.00132. The molecule has 2 atom stereocenters. The Morgan fingerprint density at radius 3 is 2.02 bits per heavy atom. The van der Waals surface area contributed by atoms with Crippen LogP contribution in [-0.4, -0.2) is 84.6 Å². The summed E-state index contributed by atoms with van der Waals surface area (Å²) in [5.74, 6) is -1.47. The Bertz CT molecular complexity index is 1610. The largest absolute Gasteiger partial charge is 0.508 e. The number of hydrogen-bond donors (Lipinski definition) is 5. The Labute approximate surface area is 283 Å². The second-order valence-corrected chi connectivity index (χ2v) is 13.3. The second kappa shape index (κ2) is 18.3. The number of nitrogens with one attached hydrogen (secondary N) is 2. The van der Waals surface area contributed by atoms with Crippen LogP contribution in [0.4, 0.5) is 0 Å². The van der Waals surface area contributed by atoms with Gasteiger partial charge in [0.25, 0.3) is 17.7 Å². The number of phenols is 1. The zero-order chi connectivity index (χ0) is 35.3. The van der Waals surface area contributed by atoms with E-state index in [4.69, 9.17) is 5.14 Å². The van der Waals surface area contributed by atoms with Gasteiger partial charge >= 0.3 is 0 Å². The fourth-order valence-corrected chi connectivity index (χ4v) is 5.75. The number of unbranched alkanes of at least 4 members (excludes halogenated alkanes) is 1. The van der Waals surface area contributed by atoms with Crippen molar-refractivity contribution in [2.45, 2.75) is 69.9 Å². The first kappa shape index (κ1) is 38.2. The Morgan fingerprint density at radius 2 is 1.44 bits per heavy atom. The fourth-order valence-electron chi connectivity index (χ4n) is 5.17. The van der Waals surface area contributed by atoms with Crippen LogP contribution in [-0.2, 0) is 16.4 Å². The van der Waals surface area contributed by atoms with E-state index >= 15 is 0 Å². The third-order valence-corrected chi connectivity index (χ3v) is 8.57. The molecule has 0 radical (unpaired) electrons. The van der Waals surface area contributed by atoms with Crippen molar-refractivity contribution in [1.82, 2.24) is 20.7 Å². The molecule has 6 N–H and O–H groups in total. The van der Waals surface area contributed by atoms with E-state index in [1.54, 1.807) is 52.4 Å². The smallest absolute Gasteiger partial charge is 0.265 e. The quantitative estimate of drug-likeness (QED) is 0.127. The van der Waals surface area contributed by atoms with Crippen LogP contribution in [0.15, 0.2) is 77.7 Å². The molecular formula is C35H47N5O7S. The van der Waals surface area contributed by atoms with Crippen molar-refractivity contribution >= 4 is 27.7 Å². The highest BCUT2D eigenvalue weighted by molar-refractivity contribution is 7.89. The second-order valence-electron chi connectivity index (χ2n) is 11.7. The van der Waals surface area contributed by atoms with Crippen molar-refractivity contribution in [3.63, 3.8) is 0 Å². The van der Waals surface area contributed by atoms with Gasteiger partial charge in [-0.25, -0.2) is 18.6 Å². The van der Waals surface area contributed by atoms with Gasteiger partial charge in [-0.3, -0.25) is 19.8 Å². The van der Waals surface area contributed by atoms with E-state index in [9.17, 15) is 33.0 Å². The number of nitrogens with zero attached hydrogens (tertiary/aromatic N) is 2. The third kappa shape index (κ3) is 11.4. The van der Waals surface area contributed by atoms with Gasteiger partial charge in [0.2, 0.25) is 10.0 Å². The number of nitrogens with two attached hydrogens (primary N) is 1. The molecule has 12 nitrogen and oxygen atoms in total. The van der Waals surface area contributed by atoms with E-state index in [-0.39, 0.29) is 35.7 Å². The molecule has 48 heavy (non-hydrogen) atoms. The predicted octanol–water partition coefficient (Wildman–Crippen LogP) is 3.45. The predicted molar refractivity (Wildman–Crippen MR) is 184 cm³/mol. The van der Waals surface area contributed by atoms with E-state index in [2.05, 4.69) is 10.7 Å². The van der Waals surface area contributed by atoms with Crippen LogP contribution in [0.3, 0.4) is 0 Å². The van der Waals surface area contributed by atoms with Crippen LogP contribution in [0.25, 0.3) is 0 Å². The molecule has 260 valence electrons. The minimum atomic E-state index is -4.29. The molecule has 0 saturated carbocycles. The van der Waals surface area contributed by atoms with Gasteiger partial charge in [-0.15, -0.1) is 0 Å². The lowest BCUT2D eigenvalue weighted by Crippen LogP contribution is -2.53. The number of sulfonamides is 1. The zero-order valence-corrected chi connectivity index (χ0v) is 28.6. The van der Waals surface area contributed by atoms with E-state index < -0.39 is 38.9 Å². The van der Waals surface area contributed by atoms with Crippen molar-refractivity contribution in [2.75, 3.05) is 26.2 Å². The highest BCUT2D eigenvalue weighted by Gasteiger charge is 2.27. The van der Waals surface area contributed by atoms with E-state index in [0.717, 1.165) is 25.0 Å². The van der Waals surface area contributed by atoms with Gasteiger partial charge in [-0.05, 0) is 73.7 Å². The first-order chi connectivity index (χ1) is 22.9.